The first-order chi connectivity index (χ1) is 11.4. The van der Waals surface area contributed by atoms with Gasteiger partial charge in [0.25, 0.3) is 0 Å². The molecule has 0 aromatic carbocycles. The van der Waals surface area contributed by atoms with Crippen LogP contribution in [0.2, 0.25) is 0 Å². The van der Waals surface area contributed by atoms with Gasteiger partial charge in [0.2, 0.25) is 0 Å². The van der Waals surface area contributed by atoms with Gasteiger partial charge in [0.1, 0.15) is 31.0 Å². The summed E-state index contributed by atoms with van der Waals surface area (Å²) in [5.74, 6) is 0. The first-order valence-electron chi connectivity index (χ1n) is 7.21. The largest absolute Gasteiger partial charge is 0.394 e. The van der Waals surface area contributed by atoms with Gasteiger partial charge in [-0.25, -0.2) is 9.97 Å². The average Bonchev–Trinajstić information content (AvgIpc) is 3.09. The zero-order chi connectivity index (χ0) is 17.4. The van der Waals surface area contributed by atoms with E-state index in [1.807, 2.05) is 0 Å². The van der Waals surface area contributed by atoms with E-state index in [4.69, 9.17) is 9.84 Å². The molecule has 0 amide bonds. The first-order valence-corrected chi connectivity index (χ1v) is 7.21. The van der Waals surface area contributed by atoms with Crippen LogP contribution >= 0.6 is 0 Å². The molecule has 1 saturated heterocycles. The van der Waals surface area contributed by atoms with Crippen LogP contribution in [0.4, 0.5) is 0 Å². The highest BCUT2D eigenvalue weighted by Gasteiger charge is 2.44. The molecule has 0 radical (unpaired) electrons. The van der Waals surface area contributed by atoms with E-state index in [9.17, 15) is 15.0 Å². The molecule has 11 heteroatoms. The van der Waals surface area contributed by atoms with Gasteiger partial charge in [-0.15, -0.1) is 0 Å². The molecule has 3 heterocycles. The van der Waals surface area contributed by atoms with Crippen molar-refractivity contribution in [3.63, 3.8) is 0 Å². The number of aromatic nitrogens is 4. The molecule has 2 aromatic rings. The SMILES string of the molecule is CN(C)/C=N/n1cnc2c(ncn2[C@H]2O[C@@H](CO)[C@@H](O)[C@H]2O)c1=O. The monoisotopic (exact) mass is 338 g/mol. The van der Waals surface area contributed by atoms with Crippen LogP contribution in [0.25, 0.3) is 11.2 Å². The Morgan fingerprint density at radius 1 is 1.33 bits per heavy atom. The van der Waals surface area contributed by atoms with Crippen LogP contribution in [0.1, 0.15) is 6.23 Å². The molecule has 1 aliphatic rings. The summed E-state index contributed by atoms with van der Waals surface area (Å²) in [6.07, 6.45) is -0.498. The Morgan fingerprint density at radius 3 is 2.71 bits per heavy atom. The standard InChI is InChI=1S/C13H18N6O5/c1-17(2)6-16-19-5-15-11-8(12(19)23)14-4-18(11)13-10(22)9(21)7(3-20)24-13/h4-7,9-10,13,20-22H,3H2,1-2H3/b16-6+/t7-,9+,10+,13-/m0/s1. The van der Waals surface area contributed by atoms with E-state index in [-0.39, 0.29) is 11.2 Å². The molecule has 1 aliphatic heterocycles. The van der Waals surface area contributed by atoms with Gasteiger partial charge in [-0.2, -0.15) is 9.78 Å². The van der Waals surface area contributed by atoms with E-state index in [0.717, 1.165) is 4.68 Å². The fourth-order valence-corrected chi connectivity index (χ4v) is 2.44. The molecule has 24 heavy (non-hydrogen) atoms. The quantitative estimate of drug-likeness (QED) is 0.413. The van der Waals surface area contributed by atoms with Crippen molar-refractivity contribution in [1.82, 2.24) is 24.1 Å². The highest BCUT2D eigenvalue weighted by molar-refractivity contribution is 5.69. The minimum absolute atomic E-state index is 0.0474. The minimum atomic E-state index is -1.28. The second kappa shape index (κ2) is 6.28. The maximum Gasteiger partial charge on any atom is 0.302 e. The number of ether oxygens (including phenoxy) is 1. The second-order valence-corrected chi connectivity index (χ2v) is 5.64. The number of fused-ring (bicyclic) bond motifs is 1. The van der Waals surface area contributed by atoms with Gasteiger partial charge < -0.3 is 25.0 Å². The minimum Gasteiger partial charge on any atom is -0.394 e. The molecule has 3 rings (SSSR count). The number of aliphatic hydroxyl groups is 3. The Labute approximate surface area is 136 Å². The normalized spacial score (nSPS) is 27.4. The summed E-state index contributed by atoms with van der Waals surface area (Å²) < 4.78 is 7.81. The molecule has 3 N–H and O–H groups in total. The lowest BCUT2D eigenvalue weighted by Gasteiger charge is -2.16. The highest BCUT2D eigenvalue weighted by Crippen LogP contribution is 2.30. The highest BCUT2D eigenvalue weighted by atomic mass is 16.6. The smallest absolute Gasteiger partial charge is 0.302 e. The molecule has 0 spiro atoms. The van der Waals surface area contributed by atoms with Crippen molar-refractivity contribution in [2.75, 3.05) is 20.7 Å². The van der Waals surface area contributed by atoms with E-state index in [0.29, 0.717) is 0 Å². The van der Waals surface area contributed by atoms with Gasteiger partial charge >= 0.3 is 5.56 Å². The summed E-state index contributed by atoms with van der Waals surface area (Å²) in [5, 5.41) is 33.0. The number of nitrogens with zero attached hydrogens (tertiary/aromatic N) is 6. The van der Waals surface area contributed by atoms with Crippen molar-refractivity contribution in [2.45, 2.75) is 24.5 Å². The van der Waals surface area contributed by atoms with Crippen LogP contribution < -0.4 is 5.56 Å². The summed E-state index contributed by atoms with van der Waals surface area (Å²) in [6.45, 7) is -0.444. The number of rotatable bonds is 4. The zero-order valence-corrected chi connectivity index (χ0v) is 13.1. The van der Waals surface area contributed by atoms with E-state index in [1.165, 1.54) is 23.6 Å². The van der Waals surface area contributed by atoms with Crippen molar-refractivity contribution < 1.29 is 20.1 Å². The van der Waals surface area contributed by atoms with Crippen molar-refractivity contribution >= 4 is 17.5 Å². The second-order valence-electron chi connectivity index (χ2n) is 5.64. The number of aliphatic hydroxyl groups excluding tert-OH is 3. The Bertz CT molecular complexity index is 815. The Hall–Kier alpha value is -2.34. The molecular formula is C13H18N6O5. The lowest BCUT2D eigenvalue weighted by molar-refractivity contribution is -0.0511. The van der Waals surface area contributed by atoms with Crippen LogP contribution in [0.3, 0.4) is 0 Å². The molecule has 11 nitrogen and oxygen atoms in total. The summed E-state index contributed by atoms with van der Waals surface area (Å²) >= 11 is 0. The van der Waals surface area contributed by atoms with Crippen LogP contribution in [0.15, 0.2) is 22.6 Å². The van der Waals surface area contributed by atoms with Crippen molar-refractivity contribution in [1.29, 1.82) is 0 Å². The number of hydrogen-bond acceptors (Lipinski definition) is 8. The van der Waals surface area contributed by atoms with Crippen molar-refractivity contribution in [3.05, 3.63) is 23.0 Å². The van der Waals surface area contributed by atoms with Crippen molar-refractivity contribution in [2.24, 2.45) is 5.10 Å². The van der Waals surface area contributed by atoms with Gasteiger partial charge in [-0.1, -0.05) is 0 Å². The predicted molar refractivity (Wildman–Crippen MR) is 82.4 cm³/mol. The van der Waals surface area contributed by atoms with Gasteiger partial charge in [0.15, 0.2) is 17.4 Å². The number of hydrogen-bond donors (Lipinski definition) is 3. The van der Waals surface area contributed by atoms with Crippen LogP contribution in [-0.2, 0) is 4.74 Å². The lowest BCUT2D eigenvalue weighted by atomic mass is 10.1. The molecule has 0 aliphatic carbocycles. The average molecular weight is 338 g/mol. The topological polar surface area (TPSA) is 138 Å². The fourth-order valence-electron chi connectivity index (χ4n) is 2.44. The summed E-state index contributed by atoms with van der Waals surface area (Å²) in [5.41, 5.74) is -0.249. The molecule has 130 valence electrons. The molecule has 4 atom stereocenters. The third-order valence-corrected chi connectivity index (χ3v) is 3.67. The molecule has 1 fully saturated rings. The molecule has 0 saturated carbocycles. The van der Waals surface area contributed by atoms with Crippen LogP contribution in [0.5, 0.6) is 0 Å². The summed E-state index contributed by atoms with van der Waals surface area (Å²) in [7, 11) is 3.52. The Morgan fingerprint density at radius 2 is 2.08 bits per heavy atom. The van der Waals surface area contributed by atoms with Gasteiger partial charge in [-0.05, 0) is 0 Å². The Balaban J connectivity index is 2.00. The lowest BCUT2D eigenvalue weighted by Crippen LogP contribution is -2.33. The maximum absolute atomic E-state index is 12.4. The summed E-state index contributed by atoms with van der Waals surface area (Å²) in [6, 6.07) is 0. The maximum atomic E-state index is 12.4. The Kier molecular flexibility index (Phi) is 4.32. The van der Waals surface area contributed by atoms with E-state index < -0.39 is 36.7 Å². The van der Waals surface area contributed by atoms with Gasteiger partial charge in [0.05, 0.1) is 12.9 Å². The fraction of sp³-hybridized carbons (Fsp3) is 0.538. The number of imidazole rings is 1. The van der Waals surface area contributed by atoms with E-state index in [1.54, 1.807) is 19.0 Å². The molecular weight excluding hydrogens is 320 g/mol. The van der Waals surface area contributed by atoms with E-state index in [2.05, 4.69) is 15.1 Å². The van der Waals surface area contributed by atoms with Gasteiger partial charge in [-0.3, -0.25) is 9.36 Å². The molecule has 0 bridgehead atoms. The van der Waals surface area contributed by atoms with Gasteiger partial charge in [0, 0.05) is 14.1 Å². The summed E-state index contributed by atoms with van der Waals surface area (Å²) in [4.78, 5) is 22.2. The zero-order valence-electron chi connectivity index (χ0n) is 13.1. The van der Waals surface area contributed by atoms with E-state index >= 15 is 0 Å². The van der Waals surface area contributed by atoms with Crippen LogP contribution in [0, 0.1) is 0 Å². The molecule has 0 unspecified atom stereocenters. The van der Waals surface area contributed by atoms with Crippen molar-refractivity contribution in [3.8, 4) is 0 Å². The first kappa shape index (κ1) is 16.5. The molecule has 2 aromatic heterocycles. The predicted octanol–water partition coefficient (Wildman–Crippen LogP) is -2.44. The third-order valence-electron chi connectivity index (χ3n) is 3.67. The third kappa shape index (κ3) is 2.67. The van der Waals surface area contributed by atoms with Crippen LogP contribution in [-0.4, -0.2) is 84.8 Å².